The second-order valence-corrected chi connectivity index (χ2v) is 6.31. The monoisotopic (exact) mass is 305 g/mol. The third kappa shape index (κ3) is 3.64. The van der Waals surface area contributed by atoms with E-state index in [1.165, 1.54) is 6.42 Å². The summed E-state index contributed by atoms with van der Waals surface area (Å²) in [5.41, 5.74) is 0.393. The van der Waals surface area contributed by atoms with Crippen LogP contribution in [0, 0.1) is 17.8 Å². The maximum Gasteiger partial charge on any atom is 0.176 e. The van der Waals surface area contributed by atoms with Crippen molar-refractivity contribution in [2.24, 2.45) is 5.92 Å². The summed E-state index contributed by atoms with van der Waals surface area (Å²) in [5.74, 6) is 6.87. The highest BCUT2D eigenvalue weighted by Crippen LogP contribution is 2.29. The van der Waals surface area contributed by atoms with Gasteiger partial charge in [-0.1, -0.05) is 72.5 Å². The lowest BCUT2D eigenvalue weighted by atomic mass is 9.86. The summed E-state index contributed by atoms with van der Waals surface area (Å²) >= 11 is 0. The topological polar surface area (TPSA) is 23.5 Å². The standard InChI is InChI=1S/C21H23NO/c1-22-16-8-9-18(17-22)14-15-21(23,19-10-4-2-5-11-19)20-12-6-3-7-13-20/h2-7,10-13,18,23H,8-9,16-17H2,1H3/t18-/m0/s1. The minimum atomic E-state index is -1.25. The Bertz CT molecular complexity index is 645. The van der Waals surface area contributed by atoms with Crippen molar-refractivity contribution < 1.29 is 5.11 Å². The Morgan fingerprint density at radius 2 is 1.57 bits per heavy atom. The van der Waals surface area contributed by atoms with Crippen molar-refractivity contribution in [1.82, 2.24) is 4.90 Å². The molecular formula is C21H23NO. The summed E-state index contributed by atoms with van der Waals surface area (Å²) in [5, 5.41) is 11.4. The van der Waals surface area contributed by atoms with Crippen LogP contribution in [-0.2, 0) is 5.60 Å². The van der Waals surface area contributed by atoms with Gasteiger partial charge in [-0.05, 0) is 26.4 Å². The van der Waals surface area contributed by atoms with Crippen LogP contribution in [0.3, 0.4) is 0 Å². The highest BCUT2D eigenvalue weighted by molar-refractivity contribution is 5.44. The van der Waals surface area contributed by atoms with E-state index in [4.69, 9.17) is 0 Å². The molecule has 0 saturated carbocycles. The number of likely N-dealkylation sites (tertiary alicyclic amines) is 1. The molecule has 0 aliphatic carbocycles. The molecule has 1 atom stereocenters. The molecule has 0 unspecified atom stereocenters. The van der Waals surface area contributed by atoms with Gasteiger partial charge in [-0.25, -0.2) is 0 Å². The van der Waals surface area contributed by atoms with Crippen molar-refractivity contribution in [3.63, 3.8) is 0 Å². The fourth-order valence-corrected chi connectivity index (χ4v) is 3.16. The van der Waals surface area contributed by atoms with Crippen LogP contribution in [0.5, 0.6) is 0 Å². The summed E-state index contributed by atoms with van der Waals surface area (Å²) in [4.78, 5) is 2.31. The van der Waals surface area contributed by atoms with Crippen molar-refractivity contribution in [2.45, 2.75) is 18.4 Å². The van der Waals surface area contributed by atoms with E-state index in [1.807, 2.05) is 60.7 Å². The summed E-state index contributed by atoms with van der Waals surface area (Å²) < 4.78 is 0. The molecule has 1 saturated heterocycles. The number of piperidine rings is 1. The fourth-order valence-electron chi connectivity index (χ4n) is 3.16. The first-order valence-corrected chi connectivity index (χ1v) is 8.23. The number of nitrogens with zero attached hydrogens (tertiary/aromatic N) is 1. The van der Waals surface area contributed by atoms with E-state index < -0.39 is 5.60 Å². The summed E-state index contributed by atoms with van der Waals surface area (Å²) in [6, 6.07) is 19.4. The molecule has 118 valence electrons. The van der Waals surface area contributed by atoms with Gasteiger partial charge >= 0.3 is 0 Å². The molecule has 0 aromatic heterocycles. The van der Waals surface area contributed by atoms with Gasteiger partial charge in [-0.3, -0.25) is 0 Å². The molecule has 1 fully saturated rings. The van der Waals surface area contributed by atoms with Gasteiger partial charge in [-0.15, -0.1) is 0 Å². The Balaban J connectivity index is 1.97. The van der Waals surface area contributed by atoms with E-state index in [0.29, 0.717) is 5.92 Å². The summed E-state index contributed by atoms with van der Waals surface area (Å²) in [7, 11) is 2.13. The molecule has 3 rings (SSSR count). The SMILES string of the molecule is CN1CCC[C@@H](C#CC(O)(c2ccccc2)c2ccccc2)C1. The van der Waals surface area contributed by atoms with Crippen LogP contribution in [0.4, 0.5) is 0 Å². The Morgan fingerprint density at radius 1 is 1.00 bits per heavy atom. The zero-order valence-electron chi connectivity index (χ0n) is 13.6. The van der Waals surface area contributed by atoms with Crippen molar-refractivity contribution in [2.75, 3.05) is 20.1 Å². The average Bonchev–Trinajstić information content (AvgIpc) is 2.61. The number of benzene rings is 2. The molecule has 1 heterocycles. The highest BCUT2D eigenvalue weighted by atomic mass is 16.3. The molecule has 23 heavy (non-hydrogen) atoms. The van der Waals surface area contributed by atoms with E-state index in [2.05, 4.69) is 23.8 Å². The van der Waals surface area contributed by atoms with Crippen LogP contribution in [-0.4, -0.2) is 30.1 Å². The zero-order chi connectivity index (χ0) is 16.1. The fraction of sp³-hybridized carbons (Fsp3) is 0.333. The number of rotatable bonds is 2. The molecule has 1 aliphatic heterocycles. The summed E-state index contributed by atoms with van der Waals surface area (Å²) in [6.07, 6.45) is 2.28. The lowest BCUT2D eigenvalue weighted by molar-refractivity contribution is 0.144. The second-order valence-electron chi connectivity index (χ2n) is 6.31. The molecule has 2 heteroatoms. The van der Waals surface area contributed by atoms with Crippen LogP contribution in [0.15, 0.2) is 60.7 Å². The van der Waals surface area contributed by atoms with Gasteiger partial charge in [0.15, 0.2) is 5.60 Å². The smallest absolute Gasteiger partial charge is 0.176 e. The zero-order valence-corrected chi connectivity index (χ0v) is 13.6. The largest absolute Gasteiger partial charge is 0.369 e. The lowest BCUT2D eigenvalue weighted by Crippen LogP contribution is -2.32. The molecule has 0 spiro atoms. The van der Waals surface area contributed by atoms with Crippen LogP contribution in [0.1, 0.15) is 24.0 Å². The Hall–Kier alpha value is -2.08. The lowest BCUT2D eigenvalue weighted by Gasteiger charge is -2.27. The second kappa shape index (κ2) is 7.00. The van der Waals surface area contributed by atoms with E-state index in [0.717, 1.165) is 30.6 Å². The molecule has 1 aliphatic rings. The first kappa shape index (κ1) is 15.8. The van der Waals surface area contributed by atoms with Gasteiger partial charge < -0.3 is 10.0 Å². The maximum atomic E-state index is 11.4. The van der Waals surface area contributed by atoms with Crippen LogP contribution >= 0.6 is 0 Å². The van der Waals surface area contributed by atoms with Crippen molar-refractivity contribution in [3.8, 4) is 11.8 Å². The normalized spacial score (nSPS) is 19.0. The van der Waals surface area contributed by atoms with Crippen LogP contribution < -0.4 is 0 Å². The molecule has 0 bridgehead atoms. The van der Waals surface area contributed by atoms with Crippen molar-refractivity contribution >= 4 is 0 Å². The Morgan fingerprint density at radius 3 is 2.09 bits per heavy atom. The van der Waals surface area contributed by atoms with Gasteiger partial charge in [0.1, 0.15) is 0 Å². The van der Waals surface area contributed by atoms with Gasteiger partial charge in [0.2, 0.25) is 0 Å². The van der Waals surface area contributed by atoms with Gasteiger partial charge in [0, 0.05) is 23.6 Å². The Kier molecular flexibility index (Phi) is 4.81. The molecule has 2 aromatic carbocycles. The van der Waals surface area contributed by atoms with E-state index in [1.54, 1.807) is 0 Å². The van der Waals surface area contributed by atoms with Gasteiger partial charge in [-0.2, -0.15) is 0 Å². The molecule has 0 radical (unpaired) electrons. The minimum Gasteiger partial charge on any atom is -0.369 e. The van der Waals surface area contributed by atoms with Crippen molar-refractivity contribution in [3.05, 3.63) is 71.8 Å². The summed E-state index contributed by atoms with van der Waals surface area (Å²) in [6.45, 7) is 2.12. The van der Waals surface area contributed by atoms with Gasteiger partial charge in [0.25, 0.3) is 0 Å². The minimum absolute atomic E-state index is 0.327. The number of aliphatic hydroxyl groups is 1. The quantitative estimate of drug-likeness (QED) is 0.861. The predicted octanol–water partition coefficient (Wildman–Crippen LogP) is 3.27. The highest BCUT2D eigenvalue weighted by Gasteiger charge is 2.29. The number of hydrogen-bond acceptors (Lipinski definition) is 2. The molecule has 2 nitrogen and oxygen atoms in total. The third-order valence-electron chi connectivity index (χ3n) is 4.46. The third-order valence-corrected chi connectivity index (χ3v) is 4.46. The van der Waals surface area contributed by atoms with Crippen LogP contribution in [0.2, 0.25) is 0 Å². The number of hydrogen-bond donors (Lipinski definition) is 1. The van der Waals surface area contributed by atoms with E-state index in [9.17, 15) is 5.11 Å². The molecule has 0 amide bonds. The van der Waals surface area contributed by atoms with E-state index >= 15 is 0 Å². The maximum absolute atomic E-state index is 11.4. The van der Waals surface area contributed by atoms with Crippen molar-refractivity contribution in [1.29, 1.82) is 0 Å². The molecule has 2 aromatic rings. The van der Waals surface area contributed by atoms with E-state index in [-0.39, 0.29) is 0 Å². The Labute approximate surface area is 138 Å². The predicted molar refractivity (Wildman–Crippen MR) is 93.9 cm³/mol. The van der Waals surface area contributed by atoms with Crippen LogP contribution in [0.25, 0.3) is 0 Å². The van der Waals surface area contributed by atoms with Gasteiger partial charge in [0.05, 0.1) is 0 Å². The molecule has 1 N–H and O–H groups in total. The average molecular weight is 305 g/mol. The molecular weight excluding hydrogens is 282 g/mol. The first-order valence-electron chi connectivity index (χ1n) is 8.23. The first-order chi connectivity index (χ1) is 11.2.